The van der Waals surface area contributed by atoms with Crippen molar-refractivity contribution in [2.24, 2.45) is 0 Å². The van der Waals surface area contributed by atoms with Crippen LogP contribution in [0.5, 0.6) is 0 Å². The normalized spacial score (nSPS) is 11.4. The Morgan fingerprint density at radius 2 is 2.23 bits per heavy atom. The molecule has 0 spiro atoms. The molecule has 0 radical (unpaired) electrons. The number of hydrogen-bond donors (Lipinski definition) is 1. The summed E-state index contributed by atoms with van der Waals surface area (Å²) in [5, 5.41) is 7.44. The predicted octanol–water partition coefficient (Wildman–Crippen LogP) is 1.35. The van der Waals surface area contributed by atoms with Gasteiger partial charge in [-0.25, -0.2) is 4.79 Å². The van der Waals surface area contributed by atoms with Crippen molar-refractivity contribution in [1.29, 1.82) is 0 Å². The molecule has 0 aliphatic rings. The molecule has 0 amide bonds. The summed E-state index contributed by atoms with van der Waals surface area (Å²) >= 11 is 3.91. The van der Waals surface area contributed by atoms with Crippen LogP contribution < -0.4 is 0 Å². The minimum absolute atomic E-state index is 0.380. The van der Waals surface area contributed by atoms with E-state index in [9.17, 15) is 4.79 Å². The fraction of sp³-hybridized carbons (Fsp3) is 0.571. The average molecular weight is 201 g/mol. The van der Waals surface area contributed by atoms with Gasteiger partial charge in [0.05, 0.1) is 6.20 Å². The van der Waals surface area contributed by atoms with Gasteiger partial charge in [-0.3, -0.25) is 0 Å². The van der Waals surface area contributed by atoms with E-state index in [-0.39, 0.29) is 0 Å². The Labute approximate surface area is 81.5 Å². The van der Waals surface area contributed by atoms with Crippen LogP contribution in [0.25, 0.3) is 0 Å². The summed E-state index contributed by atoms with van der Waals surface area (Å²) in [6.45, 7) is 5.34. The summed E-state index contributed by atoms with van der Waals surface area (Å²) in [6, 6.07) is 0. The molecule has 0 N–H and O–H groups in total. The van der Waals surface area contributed by atoms with Crippen LogP contribution in [0.3, 0.4) is 0 Å². The Morgan fingerprint density at radius 3 is 2.62 bits per heavy atom. The maximum absolute atomic E-state index is 11.3. The SMILES string of the molecule is CC(C)(C)OC(=O)n1cc(S)nn1. The second kappa shape index (κ2) is 3.37. The van der Waals surface area contributed by atoms with Crippen molar-refractivity contribution in [3.05, 3.63) is 6.20 Å². The smallest absolute Gasteiger partial charge is 0.436 e. The molecule has 1 aromatic rings. The molecule has 0 aliphatic carbocycles. The standard InChI is InChI=1S/C7H11N3O2S/c1-7(2,3)12-6(11)10-4-5(13)8-9-10/h4,13H,1-3H3. The first-order valence-electron chi connectivity index (χ1n) is 3.73. The summed E-state index contributed by atoms with van der Waals surface area (Å²) in [4.78, 5) is 11.3. The Hall–Kier alpha value is -1.04. The highest BCUT2D eigenvalue weighted by atomic mass is 32.1. The van der Waals surface area contributed by atoms with E-state index in [1.807, 2.05) is 0 Å². The zero-order valence-electron chi connectivity index (χ0n) is 7.68. The number of nitrogens with zero attached hydrogens (tertiary/aromatic N) is 3. The van der Waals surface area contributed by atoms with Crippen molar-refractivity contribution in [2.45, 2.75) is 31.4 Å². The molecule has 0 saturated carbocycles. The molecule has 0 aliphatic heterocycles. The van der Waals surface area contributed by atoms with Crippen LogP contribution >= 0.6 is 12.6 Å². The Kier molecular flexibility index (Phi) is 2.60. The number of rotatable bonds is 0. The minimum Gasteiger partial charge on any atom is -0.442 e. The van der Waals surface area contributed by atoms with Crippen LogP contribution in [-0.2, 0) is 4.74 Å². The number of carbonyl (C=O) groups is 1. The van der Waals surface area contributed by atoms with Gasteiger partial charge in [-0.1, -0.05) is 5.21 Å². The molecule has 1 rings (SSSR count). The lowest BCUT2D eigenvalue weighted by Crippen LogP contribution is -2.27. The van der Waals surface area contributed by atoms with E-state index in [0.717, 1.165) is 4.68 Å². The number of ether oxygens (including phenoxy) is 1. The van der Waals surface area contributed by atoms with Crippen molar-refractivity contribution in [1.82, 2.24) is 15.0 Å². The van der Waals surface area contributed by atoms with Gasteiger partial charge in [-0.15, -0.1) is 17.7 Å². The second-order valence-electron chi connectivity index (χ2n) is 3.50. The van der Waals surface area contributed by atoms with Crippen molar-refractivity contribution in [3.8, 4) is 0 Å². The fourth-order valence-electron chi connectivity index (χ4n) is 0.653. The van der Waals surface area contributed by atoms with Crippen molar-refractivity contribution in [3.63, 3.8) is 0 Å². The molecular weight excluding hydrogens is 190 g/mol. The third-order valence-corrected chi connectivity index (χ3v) is 1.27. The third-order valence-electron chi connectivity index (χ3n) is 1.06. The Balaban J connectivity index is 2.70. The molecule has 0 bridgehead atoms. The topological polar surface area (TPSA) is 57.0 Å². The van der Waals surface area contributed by atoms with Crippen molar-refractivity contribution in [2.75, 3.05) is 0 Å². The van der Waals surface area contributed by atoms with Crippen molar-refractivity contribution < 1.29 is 9.53 Å². The molecule has 1 aromatic heterocycles. The van der Waals surface area contributed by atoms with Gasteiger partial charge >= 0.3 is 6.09 Å². The number of aromatic nitrogens is 3. The fourth-order valence-corrected chi connectivity index (χ4v) is 0.802. The van der Waals surface area contributed by atoms with Gasteiger partial charge in [-0.2, -0.15) is 4.68 Å². The lowest BCUT2D eigenvalue weighted by Gasteiger charge is -2.18. The van der Waals surface area contributed by atoms with Gasteiger partial charge < -0.3 is 4.74 Å². The van der Waals surface area contributed by atoms with E-state index in [1.54, 1.807) is 20.8 Å². The maximum atomic E-state index is 11.3. The van der Waals surface area contributed by atoms with E-state index in [1.165, 1.54) is 6.20 Å². The zero-order chi connectivity index (χ0) is 10.1. The number of hydrogen-bond acceptors (Lipinski definition) is 5. The molecule has 0 aromatic carbocycles. The van der Waals surface area contributed by atoms with Gasteiger partial charge in [0.1, 0.15) is 10.6 Å². The monoisotopic (exact) mass is 201 g/mol. The molecule has 0 saturated heterocycles. The molecular formula is C7H11N3O2S. The minimum atomic E-state index is -0.555. The van der Waals surface area contributed by atoms with Crippen LogP contribution in [0.15, 0.2) is 11.2 Å². The molecule has 0 fully saturated rings. The summed E-state index contributed by atoms with van der Waals surface area (Å²) in [7, 11) is 0. The first-order valence-corrected chi connectivity index (χ1v) is 4.18. The van der Waals surface area contributed by atoms with Gasteiger partial charge in [0.2, 0.25) is 0 Å². The summed E-state index contributed by atoms with van der Waals surface area (Å²) in [5.41, 5.74) is -0.528. The van der Waals surface area contributed by atoms with Crippen LogP contribution in [0, 0.1) is 0 Å². The second-order valence-corrected chi connectivity index (χ2v) is 3.96. The Bertz CT molecular complexity index is 316. The highest BCUT2D eigenvalue weighted by Crippen LogP contribution is 2.08. The lowest BCUT2D eigenvalue weighted by atomic mass is 10.2. The molecule has 6 heteroatoms. The average Bonchev–Trinajstić information content (AvgIpc) is 2.31. The van der Waals surface area contributed by atoms with Crippen molar-refractivity contribution >= 4 is 18.7 Å². The maximum Gasteiger partial charge on any atom is 0.436 e. The third kappa shape index (κ3) is 3.06. The van der Waals surface area contributed by atoms with Crippen LogP contribution in [-0.4, -0.2) is 26.7 Å². The number of thiol groups is 1. The predicted molar refractivity (Wildman–Crippen MR) is 48.9 cm³/mol. The summed E-state index contributed by atoms with van der Waals surface area (Å²) in [5.74, 6) is 0. The van der Waals surface area contributed by atoms with E-state index >= 15 is 0 Å². The van der Waals surface area contributed by atoms with E-state index in [2.05, 4.69) is 22.9 Å². The van der Waals surface area contributed by atoms with E-state index in [4.69, 9.17) is 4.74 Å². The first kappa shape index (κ1) is 10.0. The summed E-state index contributed by atoms with van der Waals surface area (Å²) in [6.07, 6.45) is 0.831. The summed E-state index contributed by atoms with van der Waals surface area (Å²) < 4.78 is 6.03. The largest absolute Gasteiger partial charge is 0.442 e. The van der Waals surface area contributed by atoms with Crippen LogP contribution in [0.2, 0.25) is 0 Å². The first-order chi connectivity index (χ1) is 5.88. The molecule has 5 nitrogen and oxygen atoms in total. The highest BCUT2D eigenvalue weighted by Gasteiger charge is 2.18. The zero-order valence-corrected chi connectivity index (χ0v) is 8.58. The van der Waals surface area contributed by atoms with Crippen LogP contribution in [0.4, 0.5) is 4.79 Å². The molecule has 1 heterocycles. The van der Waals surface area contributed by atoms with E-state index < -0.39 is 11.7 Å². The Morgan fingerprint density at radius 1 is 1.62 bits per heavy atom. The lowest BCUT2D eigenvalue weighted by molar-refractivity contribution is 0.0511. The molecule has 72 valence electrons. The van der Waals surface area contributed by atoms with Gasteiger partial charge in [0.25, 0.3) is 0 Å². The highest BCUT2D eigenvalue weighted by molar-refractivity contribution is 7.80. The van der Waals surface area contributed by atoms with Gasteiger partial charge in [-0.05, 0) is 20.8 Å². The van der Waals surface area contributed by atoms with Gasteiger partial charge in [0.15, 0.2) is 0 Å². The molecule has 13 heavy (non-hydrogen) atoms. The quantitative estimate of drug-likeness (QED) is 0.644. The molecule has 0 unspecified atom stereocenters. The van der Waals surface area contributed by atoms with Gasteiger partial charge in [0, 0.05) is 0 Å². The van der Waals surface area contributed by atoms with Crippen LogP contribution in [0.1, 0.15) is 20.8 Å². The molecule has 0 atom stereocenters. The number of carbonyl (C=O) groups excluding carboxylic acids is 1. The van der Waals surface area contributed by atoms with E-state index in [0.29, 0.717) is 5.03 Å².